The Kier molecular flexibility index (Phi) is 3.32. The van der Waals surface area contributed by atoms with E-state index in [0.717, 1.165) is 21.3 Å². The van der Waals surface area contributed by atoms with E-state index in [1.165, 1.54) is 0 Å². The first-order chi connectivity index (χ1) is 6.19. The molecule has 1 aromatic rings. The summed E-state index contributed by atoms with van der Waals surface area (Å²) in [5.41, 5.74) is 2.03. The quantitative estimate of drug-likeness (QED) is 0.796. The lowest BCUT2D eigenvalue weighted by Crippen LogP contribution is -1.91. The molecule has 0 bridgehead atoms. The van der Waals surface area contributed by atoms with Crippen molar-refractivity contribution in [2.45, 2.75) is 13.3 Å². The highest BCUT2D eigenvalue weighted by molar-refractivity contribution is 9.10. The molecule has 0 aliphatic rings. The van der Waals surface area contributed by atoms with Gasteiger partial charge in [0.05, 0.1) is 19.6 Å². The fraction of sp³-hybridized carbons (Fsp3) is 0.300. The Balaban J connectivity index is 3.16. The first kappa shape index (κ1) is 10.1. The predicted octanol–water partition coefficient (Wildman–Crippen LogP) is 2.83. The van der Waals surface area contributed by atoms with Gasteiger partial charge in [-0.15, -0.1) is 0 Å². The van der Waals surface area contributed by atoms with E-state index in [1.54, 1.807) is 7.11 Å². The maximum Gasteiger partial charge on any atom is 0.123 e. The van der Waals surface area contributed by atoms with E-state index in [4.69, 9.17) is 10.00 Å². The van der Waals surface area contributed by atoms with Crippen LogP contribution < -0.4 is 4.74 Å². The van der Waals surface area contributed by atoms with Crippen LogP contribution in [0.2, 0.25) is 0 Å². The lowest BCUT2D eigenvalue weighted by Gasteiger charge is -2.07. The van der Waals surface area contributed by atoms with Crippen LogP contribution in [-0.4, -0.2) is 7.11 Å². The van der Waals surface area contributed by atoms with Gasteiger partial charge in [0.1, 0.15) is 5.75 Å². The minimum absolute atomic E-state index is 0.412. The Morgan fingerprint density at radius 1 is 1.54 bits per heavy atom. The molecule has 1 aromatic carbocycles. The lowest BCUT2D eigenvalue weighted by atomic mass is 10.1. The summed E-state index contributed by atoms with van der Waals surface area (Å²) < 4.78 is 6.16. The number of nitriles is 1. The first-order valence-electron chi connectivity index (χ1n) is 3.89. The molecule has 0 aromatic heterocycles. The van der Waals surface area contributed by atoms with Gasteiger partial charge >= 0.3 is 0 Å². The van der Waals surface area contributed by atoms with E-state index in [9.17, 15) is 0 Å². The minimum atomic E-state index is 0.412. The minimum Gasteiger partial charge on any atom is -0.496 e. The number of hydrogen-bond donors (Lipinski definition) is 0. The normalized spacial score (nSPS) is 9.38. The zero-order valence-corrected chi connectivity index (χ0v) is 9.18. The molecule has 3 heteroatoms. The number of benzene rings is 1. The van der Waals surface area contributed by atoms with Crippen LogP contribution in [0.3, 0.4) is 0 Å². The van der Waals surface area contributed by atoms with Crippen molar-refractivity contribution in [1.29, 1.82) is 5.26 Å². The Morgan fingerprint density at radius 3 is 2.77 bits per heavy atom. The highest BCUT2D eigenvalue weighted by atomic mass is 79.9. The standard InChI is InChI=1S/C10H10BrNO/c1-7-9(11)5-8(3-4-12)6-10(7)13-2/h5-6H,3H2,1-2H3. The van der Waals surface area contributed by atoms with Gasteiger partial charge in [0.15, 0.2) is 0 Å². The fourth-order valence-electron chi connectivity index (χ4n) is 1.11. The van der Waals surface area contributed by atoms with E-state index in [-0.39, 0.29) is 0 Å². The van der Waals surface area contributed by atoms with Crippen molar-refractivity contribution in [3.63, 3.8) is 0 Å². The average molecular weight is 240 g/mol. The zero-order chi connectivity index (χ0) is 9.84. The summed E-state index contributed by atoms with van der Waals surface area (Å²) in [6, 6.07) is 5.94. The molecular weight excluding hydrogens is 230 g/mol. The van der Waals surface area contributed by atoms with E-state index in [0.29, 0.717) is 6.42 Å². The van der Waals surface area contributed by atoms with Crippen molar-refractivity contribution in [3.05, 3.63) is 27.7 Å². The highest BCUT2D eigenvalue weighted by Gasteiger charge is 2.04. The number of rotatable bonds is 2. The molecule has 0 saturated heterocycles. The topological polar surface area (TPSA) is 33.0 Å². The molecule has 1 rings (SSSR count). The summed E-state index contributed by atoms with van der Waals surface area (Å²) >= 11 is 3.42. The number of ether oxygens (including phenoxy) is 1. The number of methoxy groups -OCH3 is 1. The van der Waals surface area contributed by atoms with Crippen LogP contribution in [0.25, 0.3) is 0 Å². The number of nitrogens with zero attached hydrogens (tertiary/aromatic N) is 1. The molecular formula is C10H10BrNO. The van der Waals surface area contributed by atoms with Gasteiger partial charge in [0, 0.05) is 10.0 Å². The van der Waals surface area contributed by atoms with Gasteiger partial charge in [-0.3, -0.25) is 0 Å². The van der Waals surface area contributed by atoms with Gasteiger partial charge in [-0.25, -0.2) is 0 Å². The third kappa shape index (κ3) is 2.22. The Morgan fingerprint density at radius 2 is 2.23 bits per heavy atom. The van der Waals surface area contributed by atoms with Crippen LogP contribution in [0.4, 0.5) is 0 Å². The van der Waals surface area contributed by atoms with E-state index in [2.05, 4.69) is 22.0 Å². The Labute approximate surface area is 86.3 Å². The number of halogens is 1. The molecule has 2 nitrogen and oxygen atoms in total. The van der Waals surface area contributed by atoms with E-state index < -0.39 is 0 Å². The van der Waals surface area contributed by atoms with E-state index >= 15 is 0 Å². The largest absolute Gasteiger partial charge is 0.496 e. The summed E-state index contributed by atoms with van der Waals surface area (Å²) in [6.45, 7) is 1.97. The Bertz CT molecular complexity index is 355. The van der Waals surface area contributed by atoms with Crippen LogP contribution >= 0.6 is 15.9 Å². The van der Waals surface area contributed by atoms with Crippen molar-refractivity contribution in [2.75, 3.05) is 7.11 Å². The summed E-state index contributed by atoms with van der Waals surface area (Å²) in [7, 11) is 1.63. The van der Waals surface area contributed by atoms with Crippen molar-refractivity contribution in [1.82, 2.24) is 0 Å². The number of hydrogen-bond acceptors (Lipinski definition) is 2. The molecule has 0 aliphatic heterocycles. The smallest absolute Gasteiger partial charge is 0.123 e. The fourth-order valence-corrected chi connectivity index (χ4v) is 1.60. The van der Waals surface area contributed by atoms with Crippen LogP contribution in [0, 0.1) is 18.3 Å². The molecule has 0 heterocycles. The molecule has 0 N–H and O–H groups in total. The molecule has 0 amide bonds. The second-order valence-electron chi connectivity index (χ2n) is 2.74. The van der Waals surface area contributed by atoms with Crippen molar-refractivity contribution >= 4 is 15.9 Å². The van der Waals surface area contributed by atoms with Gasteiger partial charge in [0.25, 0.3) is 0 Å². The second kappa shape index (κ2) is 4.29. The second-order valence-corrected chi connectivity index (χ2v) is 3.59. The average Bonchev–Trinajstić information content (AvgIpc) is 2.11. The summed E-state index contributed by atoms with van der Waals surface area (Å²) in [5.74, 6) is 0.819. The van der Waals surface area contributed by atoms with E-state index in [1.807, 2.05) is 19.1 Å². The van der Waals surface area contributed by atoms with Gasteiger partial charge in [-0.1, -0.05) is 15.9 Å². The SMILES string of the molecule is COc1cc(CC#N)cc(Br)c1C. The molecule has 0 aliphatic carbocycles. The third-order valence-electron chi connectivity index (χ3n) is 1.86. The Hall–Kier alpha value is -1.01. The molecule has 0 saturated carbocycles. The van der Waals surface area contributed by atoms with Crippen LogP contribution in [0.1, 0.15) is 11.1 Å². The maximum absolute atomic E-state index is 8.54. The third-order valence-corrected chi connectivity index (χ3v) is 2.68. The maximum atomic E-state index is 8.54. The molecule has 0 atom stereocenters. The lowest BCUT2D eigenvalue weighted by molar-refractivity contribution is 0.411. The zero-order valence-electron chi connectivity index (χ0n) is 7.60. The van der Waals surface area contributed by atoms with Crippen molar-refractivity contribution in [2.24, 2.45) is 0 Å². The summed E-state index contributed by atoms with van der Waals surface area (Å²) in [6.07, 6.45) is 0.412. The van der Waals surface area contributed by atoms with Crippen molar-refractivity contribution in [3.8, 4) is 11.8 Å². The molecule has 0 spiro atoms. The van der Waals surface area contributed by atoms with Crippen LogP contribution in [-0.2, 0) is 6.42 Å². The van der Waals surface area contributed by atoms with Gasteiger partial charge < -0.3 is 4.74 Å². The van der Waals surface area contributed by atoms with Gasteiger partial charge in [0.2, 0.25) is 0 Å². The predicted molar refractivity (Wildman–Crippen MR) is 54.7 cm³/mol. The van der Waals surface area contributed by atoms with Crippen LogP contribution in [0.5, 0.6) is 5.75 Å². The first-order valence-corrected chi connectivity index (χ1v) is 4.68. The summed E-state index contributed by atoms with van der Waals surface area (Å²) in [5, 5.41) is 8.54. The monoisotopic (exact) mass is 239 g/mol. The molecule has 0 radical (unpaired) electrons. The van der Waals surface area contributed by atoms with Gasteiger partial charge in [-0.05, 0) is 24.6 Å². The van der Waals surface area contributed by atoms with Crippen LogP contribution in [0.15, 0.2) is 16.6 Å². The highest BCUT2D eigenvalue weighted by Crippen LogP contribution is 2.27. The molecule has 0 unspecified atom stereocenters. The molecule has 0 fully saturated rings. The molecule has 13 heavy (non-hydrogen) atoms. The van der Waals surface area contributed by atoms with Gasteiger partial charge in [-0.2, -0.15) is 5.26 Å². The molecule has 68 valence electrons. The van der Waals surface area contributed by atoms with Crippen molar-refractivity contribution < 1.29 is 4.74 Å². The summed E-state index contributed by atoms with van der Waals surface area (Å²) in [4.78, 5) is 0.